The molecule has 0 aliphatic heterocycles. The molecule has 0 saturated heterocycles. The van der Waals surface area contributed by atoms with Crippen molar-refractivity contribution in [2.24, 2.45) is 0 Å². The quantitative estimate of drug-likeness (QED) is 0.808. The van der Waals surface area contributed by atoms with E-state index in [9.17, 15) is 9.59 Å². The lowest BCUT2D eigenvalue weighted by molar-refractivity contribution is -0.139. The second-order valence-corrected chi connectivity index (χ2v) is 5.42. The van der Waals surface area contributed by atoms with Gasteiger partial charge in [-0.05, 0) is 30.2 Å². The summed E-state index contributed by atoms with van der Waals surface area (Å²) in [6, 6.07) is 16.4. The number of aliphatic carboxylic acids is 1. The van der Waals surface area contributed by atoms with E-state index in [-0.39, 0.29) is 5.91 Å². The topological polar surface area (TPSA) is 66.8 Å². The molecule has 126 valence electrons. The molecular weight excluding hydrogens is 306 g/mol. The van der Waals surface area contributed by atoms with Gasteiger partial charge in [0, 0.05) is 18.7 Å². The number of carboxylic acids is 1. The maximum Gasteiger partial charge on any atom is 0.341 e. The molecule has 0 atom stereocenters. The van der Waals surface area contributed by atoms with Crippen LogP contribution < -0.4 is 4.74 Å². The third kappa shape index (κ3) is 5.12. The lowest BCUT2D eigenvalue weighted by atomic mass is 10.1. The minimum Gasteiger partial charge on any atom is -0.482 e. The fraction of sp³-hybridized carbons (Fsp3) is 0.263. The summed E-state index contributed by atoms with van der Waals surface area (Å²) in [4.78, 5) is 25.2. The normalized spacial score (nSPS) is 10.2. The lowest BCUT2D eigenvalue weighted by Crippen LogP contribution is -2.31. The molecule has 0 aromatic heterocycles. The van der Waals surface area contributed by atoms with Gasteiger partial charge in [-0.15, -0.1) is 0 Å². The Labute approximate surface area is 141 Å². The van der Waals surface area contributed by atoms with Crippen LogP contribution in [-0.4, -0.2) is 35.0 Å². The van der Waals surface area contributed by atoms with Gasteiger partial charge in [0.1, 0.15) is 5.75 Å². The first kappa shape index (κ1) is 17.5. The Bertz CT molecular complexity index is 685. The van der Waals surface area contributed by atoms with Gasteiger partial charge in [0.2, 0.25) is 0 Å². The van der Waals surface area contributed by atoms with E-state index in [0.717, 1.165) is 12.0 Å². The molecule has 1 N–H and O–H groups in total. The summed E-state index contributed by atoms with van der Waals surface area (Å²) in [5, 5.41) is 8.68. The highest BCUT2D eigenvalue weighted by molar-refractivity contribution is 5.94. The molecule has 0 fully saturated rings. The molecule has 0 radical (unpaired) electrons. The average Bonchev–Trinajstić information content (AvgIpc) is 2.60. The summed E-state index contributed by atoms with van der Waals surface area (Å²) in [7, 11) is 0. The van der Waals surface area contributed by atoms with Gasteiger partial charge >= 0.3 is 5.97 Å². The van der Waals surface area contributed by atoms with Crippen LogP contribution in [0.4, 0.5) is 0 Å². The van der Waals surface area contributed by atoms with Gasteiger partial charge < -0.3 is 14.7 Å². The monoisotopic (exact) mass is 327 g/mol. The largest absolute Gasteiger partial charge is 0.482 e. The van der Waals surface area contributed by atoms with E-state index in [1.807, 2.05) is 37.3 Å². The van der Waals surface area contributed by atoms with Crippen molar-refractivity contribution in [3.05, 3.63) is 65.7 Å². The molecule has 2 aromatic carbocycles. The van der Waals surface area contributed by atoms with Crippen molar-refractivity contribution in [2.75, 3.05) is 13.2 Å². The fourth-order valence-electron chi connectivity index (χ4n) is 2.37. The summed E-state index contributed by atoms with van der Waals surface area (Å²) in [6.45, 7) is 2.78. The Balaban J connectivity index is 2.14. The first-order valence-corrected chi connectivity index (χ1v) is 7.88. The van der Waals surface area contributed by atoms with Gasteiger partial charge in [-0.25, -0.2) is 4.79 Å². The Kier molecular flexibility index (Phi) is 6.37. The molecule has 2 aromatic rings. The van der Waals surface area contributed by atoms with Gasteiger partial charge in [0.25, 0.3) is 5.91 Å². The lowest BCUT2D eigenvalue weighted by Gasteiger charge is -2.22. The molecule has 0 unspecified atom stereocenters. The summed E-state index contributed by atoms with van der Waals surface area (Å²) in [6.07, 6.45) is 0.855. The van der Waals surface area contributed by atoms with E-state index < -0.39 is 12.6 Å². The van der Waals surface area contributed by atoms with E-state index in [4.69, 9.17) is 9.84 Å². The van der Waals surface area contributed by atoms with Crippen LogP contribution in [-0.2, 0) is 11.3 Å². The molecule has 5 heteroatoms. The molecule has 2 rings (SSSR count). The van der Waals surface area contributed by atoms with E-state index >= 15 is 0 Å². The predicted molar refractivity (Wildman–Crippen MR) is 91.0 cm³/mol. The molecule has 0 saturated carbocycles. The number of benzene rings is 2. The van der Waals surface area contributed by atoms with Crippen molar-refractivity contribution in [1.29, 1.82) is 0 Å². The summed E-state index contributed by atoms with van der Waals surface area (Å²) in [5.74, 6) is -0.774. The Morgan fingerprint density at radius 3 is 2.50 bits per heavy atom. The zero-order chi connectivity index (χ0) is 17.4. The first-order valence-electron chi connectivity index (χ1n) is 7.88. The van der Waals surface area contributed by atoms with E-state index in [1.165, 1.54) is 0 Å². The highest BCUT2D eigenvalue weighted by Gasteiger charge is 2.16. The number of rotatable bonds is 8. The van der Waals surface area contributed by atoms with Crippen LogP contribution in [0.5, 0.6) is 5.75 Å². The molecule has 0 aliphatic carbocycles. The van der Waals surface area contributed by atoms with Crippen LogP contribution in [0, 0.1) is 0 Å². The zero-order valence-electron chi connectivity index (χ0n) is 13.6. The fourth-order valence-corrected chi connectivity index (χ4v) is 2.37. The highest BCUT2D eigenvalue weighted by Crippen LogP contribution is 2.17. The van der Waals surface area contributed by atoms with Crippen LogP contribution in [0.25, 0.3) is 0 Å². The number of amides is 1. The number of carbonyl (C=O) groups is 2. The number of carbonyl (C=O) groups excluding carboxylic acids is 1. The van der Waals surface area contributed by atoms with Crippen molar-refractivity contribution in [3.8, 4) is 5.75 Å². The molecule has 0 bridgehead atoms. The number of hydrogen-bond acceptors (Lipinski definition) is 3. The number of ether oxygens (including phenoxy) is 1. The van der Waals surface area contributed by atoms with Crippen LogP contribution in [0.1, 0.15) is 29.3 Å². The van der Waals surface area contributed by atoms with Crippen molar-refractivity contribution in [3.63, 3.8) is 0 Å². The van der Waals surface area contributed by atoms with E-state index in [0.29, 0.717) is 24.4 Å². The standard InChI is InChI=1S/C19H21NO4/c1-2-11-20(13-15-7-4-3-5-8-15)19(23)16-9-6-10-17(12-16)24-14-18(21)22/h3-10,12H,2,11,13-14H2,1H3,(H,21,22). The number of hydrogen-bond donors (Lipinski definition) is 1. The summed E-state index contributed by atoms with van der Waals surface area (Å²) in [5.41, 5.74) is 1.56. The molecule has 0 spiro atoms. The number of nitrogens with zero attached hydrogens (tertiary/aromatic N) is 1. The van der Waals surface area contributed by atoms with Gasteiger partial charge in [-0.2, -0.15) is 0 Å². The minimum absolute atomic E-state index is 0.0959. The van der Waals surface area contributed by atoms with Crippen LogP contribution in [0.15, 0.2) is 54.6 Å². The average molecular weight is 327 g/mol. The highest BCUT2D eigenvalue weighted by atomic mass is 16.5. The molecular formula is C19H21NO4. The first-order chi connectivity index (χ1) is 11.6. The SMILES string of the molecule is CCCN(Cc1ccccc1)C(=O)c1cccc(OCC(=O)O)c1. The third-order valence-corrected chi connectivity index (χ3v) is 3.44. The Hall–Kier alpha value is -2.82. The zero-order valence-corrected chi connectivity index (χ0v) is 13.6. The second-order valence-electron chi connectivity index (χ2n) is 5.42. The Morgan fingerprint density at radius 1 is 1.08 bits per heavy atom. The maximum absolute atomic E-state index is 12.8. The van der Waals surface area contributed by atoms with Gasteiger partial charge in [-0.3, -0.25) is 4.79 Å². The molecule has 0 aliphatic rings. The van der Waals surface area contributed by atoms with Gasteiger partial charge in [0.15, 0.2) is 6.61 Å². The maximum atomic E-state index is 12.8. The van der Waals surface area contributed by atoms with E-state index in [1.54, 1.807) is 29.2 Å². The van der Waals surface area contributed by atoms with Crippen LogP contribution in [0.3, 0.4) is 0 Å². The Morgan fingerprint density at radius 2 is 1.83 bits per heavy atom. The summed E-state index contributed by atoms with van der Waals surface area (Å²) >= 11 is 0. The van der Waals surface area contributed by atoms with Gasteiger partial charge in [0.05, 0.1) is 0 Å². The third-order valence-electron chi connectivity index (χ3n) is 3.44. The predicted octanol–water partition coefficient (Wildman–Crippen LogP) is 3.20. The van der Waals surface area contributed by atoms with Crippen molar-refractivity contribution < 1.29 is 19.4 Å². The van der Waals surface area contributed by atoms with E-state index in [2.05, 4.69) is 0 Å². The van der Waals surface area contributed by atoms with Crippen molar-refractivity contribution in [1.82, 2.24) is 4.90 Å². The second kappa shape index (κ2) is 8.72. The molecule has 1 amide bonds. The van der Waals surface area contributed by atoms with Crippen molar-refractivity contribution in [2.45, 2.75) is 19.9 Å². The number of carboxylic acid groups (broad SMARTS) is 1. The smallest absolute Gasteiger partial charge is 0.341 e. The molecule has 5 nitrogen and oxygen atoms in total. The van der Waals surface area contributed by atoms with Crippen molar-refractivity contribution >= 4 is 11.9 Å². The minimum atomic E-state index is -1.05. The van der Waals surface area contributed by atoms with Gasteiger partial charge in [-0.1, -0.05) is 43.3 Å². The molecule has 0 heterocycles. The molecule has 24 heavy (non-hydrogen) atoms. The van der Waals surface area contributed by atoms with Crippen LogP contribution >= 0.6 is 0 Å². The summed E-state index contributed by atoms with van der Waals surface area (Å²) < 4.78 is 5.15. The van der Waals surface area contributed by atoms with Crippen LogP contribution in [0.2, 0.25) is 0 Å².